The monoisotopic (exact) mass is 332 g/mol. The molecule has 3 nitrogen and oxygen atoms in total. The molecule has 0 radical (unpaired) electrons. The molecule has 23 heavy (non-hydrogen) atoms. The predicted molar refractivity (Wildman–Crippen MR) is 91.3 cm³/mol. The number of rotatable bonds is 4. The van der Waals surface area contributed by atoms with Crippen molar-refractivity contribution >= 4 is 17.2 Å². The Bertz CT molecular complexity index is 683. The lowest BCUT2D eigenvalue weighted by Gasteiger charge is -2.38. The molecular weight excluding hydrogens is 311 g/mol. The van der Waals surface area contributed by atoms with Gasteiger partial charge in [-0.15, -0.1) is 11.3 Å². The smallest absolute Gasteiger partial charge is 0.251 e. The molecule has 2 atom stereocenters. The molecule has 1 N–H and O–H groups in total. The third-order valence-electron chi connectivity index (χ3n) is 4.50. The number of fused-ring (bicyclic) bond motifs is 1. The largest absolute Gasteiger partial charge is 0.351 e. The highest BCUT2D eigenvalue weighted by atomic mass is 32.1. The number of carbonyl (C=O) groups excluding carboxylic acids is 1. The molecule has 1 amide bonds. The van der Waals surface area contributed by atoms with E-state index in [-0.39, 0.29) is 11.7 Å². The van der Waals surface area contributed by atoms with Gasteiger partial charge in [0.25, 0.3) is 5.91 Å². The summed E-state index contributed by atoms with van der Waals surface area (Å²) in [6.45, 7) is 5.86. The zero-order valence-electron chi connectivity index (χ0n) is 13.4. The van der Waals surface area contributed by atoms with Crippen LogP contribution in [0.15, 0.2) is 35.7 Å². The summed E-state index contributed by atoms with van der Waals surface area (Å²) in [4.78, 5) is 15.9. The van der Waals surface area contributed by atoms with E-state index in [1.54, 1.807) is 0 Å². The van der Waals surface area contributed by atoms with Gasteiger partial charge in [0, 0.05) is 35.6 Å². The second kappa shape index (κ2) is 6.81. The lowest BCUT2D eigenvalue weighted by atomic mass is 9.97. The van der Waals surface area contributed by atoms with Gasteiger partial charge in [0.2, 0.25) is 0 Å². The summed E-state index contributed by atoms with van der Waals surface area (Å²) in [5, 5.41) is 5.09. The average molecular weight is 332 g/mol. The Hall–Kier alpha value is -1.72. The minimum absolute atomic E-state index is 0.154. The molecule has 3 rings (SSSR count). The van der Waals surface area contributed by atoms with Crippen molar-refractivity contribution in [3.8, 4) is 0 Å². The number of hydrogen-bond donors (Lipinski definition) is 1. The number of carbonyl (C=O) groups is 1. The van der Waals surface area contributed by atoms with Crippen LogP contribution < -0.4 is 5.32 Å². The molecule has 0 aliphatic carbocycles. The standard InChI is InChI=1S/C18H21FN2OS/c1-12-11-15-7-10-23-17(15)13(2)21(12)9-8-20-18(22)14-3-5-16(19)6-4-14/h3-7,10,12-13H,8-9,11H2,1-2H3,(H,20,22). The molecule has 0 fully saturated rings. The van der Waals surface area contributed by atoms with Crippen molar-refractivity contribution in [2.45, 2.75) is 32.4 Å². The fourth-order valence-electron chi connectivity index (χ4n) is 3.27. The van der Waals surface area contributed by atoms with Gasteiger partial charge in [-0.3, -0.25) is 9.69 Å². The maximum absolute atomic E-state index is 12.9. The fraction of sp³-hybridized carbons (Fsp3) is 0.389. The van der Waals surface area contributed by atoms with Gasteiger partial charge in [-0.05, 0) is 61.5 Å². The number of halogens is 1. The van der Waals surface area contributed by atoms with Crippen molar-refractivity contribution in [1.29, 1.82) is 0 Å². The molecule has 122 valence electrons. The number of thiophene rings is 1. The van der Waals surface area contributed by atoms with Gasteiger partial charge >= 0.3 is 0 Å². The summed E-state index contributed by atoms with van der Waals surface area (Å²) >= 11 is 1.81. The van der Waals surface area contributed by atoms with Crippen molar-refractivity contribution in [2.24, 2.45) is 0 Å². The van der Waals surface area contributed by atoms with Gasteiger partial charge in [0.15, 0.2) is 0 Å². The van der Waals surface area contributed by atoms with Crippen LogP contribution in [0.4, 0.5) is 4.39 Å². The van der Waals surface area contributed by atoms with E-state index in [1.807, 2.05) is 11.3 Å². The maximum Gasteiger partial charge on any atom is 0.251 e. The fourth-order valence-corrected chi connectivity index (χ4v) is 4.28. The van der Waals surface area contributed by atoms with Gasteiger partial charge in [-0.1, -0.05) is 0 Å². The number of nitrogens with zero attached hydrogens (tertiary/aromatic N) is 1. The molecule has 5 heteroatoms. The van der Waals surface area contributed by atoms with Crippen LogP contribution in [0.5, 0.6) is 0 Å². The van der Waals surface area contributed by atoms with Crippen LogP contribution in [-0.4, -0.2) is 29.9 Å². The Labute approximate surface area is 140 Å². The molecule has 1 aliphatic heterocycles. The van der Waals surface area contributed by atoms with E-state index >= 15 is 0 Å². The zero-order chi connectivity index (χ0) is 16.4. The van der Waals surface area contributed by atoms with Crippen LogP contribution in [-0.2, 0) is 6.42 Å². The van der Waals surface area contributed by atoms with Gasteiger partial charge in [0.05, 0.1) is 0 Å². The maximum atomic E-state index is 12.9. The minimum atomic E-state index is -0.329. The Balaban J connectivity index is 1.56. The van der Waals surface area contributed by atoms with E-state index in [1.165, 1.54) is 34.7 Å². The topological polar surface area (TPSA) is 32.3 Å². The predicted octanol–water partition coefficient (Wildman–Crippen LogP) is 3.62. The quantitative estimate of drug-likeness (QED) is 0.927. The summed E-state index contributed by atoms with van der Waals surface area (Å²) < 4.78 is 12.9. The molecular formula is C18H21FN2OS. The van der Waals surface area contributed by atoms with Crippen molar-refractivity contribution in [1.82, 2.24) is 10.2 Å². The van der Waals surface area contributed by atoms with Gasteiger partial charge in [-0.2, -0.15) is 0 Å². The van der Waals surface area contributed by atoms with Crippen LogP contribution in [0.2, 0.25) is 0 Å². The molecule has 2 heterocycles. The van der Waals surface area contributed by atoms with Crippen molar-refractivity contribution < 1.29 is 9.18 Å². The first-order chi connectivity index (χ1) is 11.1. The lowest BCUT2D eigenvalue weighted by molar-refractivity contribution is 0.0930. The van der Waals surface area contributed by atoms with Gasteiger partial charge in [-0.25, -0.2) is 4.39 Å². The molecule has 0 saturated heterocycles. The Kier molecular flexibility index (Phi) is 4.78. The second-order valence-corrected chi connectivity index (χ2v) is 6.99. The molecule has 2 aromatic rings. The van der Waals surface area contributed by atoms with E-state index in [9.17, 15) is 9.18 Å². The van der Waals surface area contributed by atoms with Crippen LogP contribution in [0.25, 0.3) is 0 Å². The van der Waals surface area contributed by atoms with Gasteiger partial charge in [0.1, 0.15) is 5.82 Å². The SMILES string of the molecule is CC1Cc2ccsc2C(C)N1CCNC(=O)c1ccc(F)cc1. The molecule has 0 saturated carbocycles. The molecule has 0 spiro atoms. The Morgan fingerprint density at radius 2 is 2.04 bits per heavy atom. The van der Waals surface area contributed by atoms with E-state index in [0.717, 1.165) is 13.0 Å². The number of nitrogens with one attached hydrogen (secondary N) is 1. The first kappa shape index (κ1) is 16.1. The molecule has 1 aromatic carbocycles. The van der Waals surface area contributed by atoms with Crippen LogP contribution in [0.1, 0.15) is 40.7 Å². The molecule has 2 unspecified atom stereocenters. The Morgan fingerprint density at radius 3 is 2.78 bits per heavy atom. The lowest BCUT2D eigenvalue weighted by Crippen LogP contribution is -2.44. The zero-order valence-corrected chi connectivity index (χ0v) is 14.2. The molecule has 1 aromatic heterocycles. The normalized spacial score (nSPS) is 21.0. The van der Waals surface area contributed by atoms with E-state index in [0.29, 0.717) is 24.2 Å². The highest BCUT2D eigenvalue weighted by molar-refractivity contribution is 7.10. The van der Waals surface area contributed by atoms with Crippen LogP contribution >= 0.6 is 11.3 Å². The summed E-state index contributed by atoms with van der Waals surface area (Å²) in [7, 11) is 0. The third-order valence-corrected chi connectivity index (χ3v) is 5.63. The minimum Gasteiger partial charge on any atom is -0.351 e. The van der Waals surface area contributed by atoms with Gasteiger partial charge < -0.3 is 5.32 Å². The highest BCUT2D eigenvalue weighted by Gasteiger charge is 2.29. The van der Waals surface area contributed by atoms with E-state index in [2.05, 4.69) is 35.5 Å². The van der Waals surface area contributed by atoms with Crippen LogP contribution in [0, 0.1) is 5.82 Å². The molecule has 1 aliphatic rings. The number of hydrogen-bond acceptors (Lipinski definition) is 3. The van der Waals surface area contributed by atoms with E-state index in [4.69, 9.17) is 0 Å². The van der Waals surface area contributed by atoms with Crippen molar-refractivity contribution in [3.05, 3.63) is 57.5 Å². The summed E-state index contributed by atoms with van der Waals surface area (Å²) in [6, 6.07) is 8.71. The first-order valence-corrected chi connectivity index (χ1v) is 8.80. The highest BCUT2D eigenvalue weighted by Crippen LogP contribution is 2.35. The van der Waals surface area contributed by atoms with E-state index < -0.39 is 0 Å². The van der Waals surface area contributed by atoms with Crippen molar-refractivity contribution in [2.75, 3.05) is 13.1 Å². The molecule has 0 bridgehead atoms. The summed E-state index contributed by atoms with van der Waals surface area (Å²) in [6.07, 6.45) is 1.06. The summed E-state index contributed by atoms with van der Waals surface area (Å²) in [5.74, 6) is -0.483. The first-order valence-electron chi connectivity index (χ1n) is 7.92. The van der Waals surface area contributed by atoms with Crippen molar-refractivity contribution in [3.63, 3.8) is 0 Å². The Morgan fingerprint density at radius 1 is 1.30 bits per heavy atom. The number of amides is 1. The average Bonchev–Trinajstić information content (AvgIpc) is 2.99. The number of benzene rings is 1. The van der Waals surface area contributed by atoms with Crippen LogP contribution in [0.3, 0.4) is 0 Å². The third kappa shape index (κ3) is 3.46. The second-order valence-electron chi connectivity index (χ2n) is 6.04. The summed E-state index contributed by atoms with van der Waals surface area (Å²) in [5.41, 5.74) is 1.95.